The van der Waals surface area contributed by atoms with Crippen molar-refractivity contribution < 1.29 is 4.74 Å². The van der Waals surface area contributed by atoms with E-state index in [0.717, 1.165) is 31.5 Å². The molecule has 136 valence electrons. The van der Waals surface area contributed by atoms with Crippen LogP contribution in [-0.4, -0.2) is 35.8 Å². The number of aryl methyl sites for hydroxylation is 1. The van der Waals surface area contributed by atoms with Crippen LogP contribution in [0.1, 0.15) is 24.0 Å². The predicted octanol–water partition coefficient (Wildman–Crippen LogP) is 1.42. The molecule has 0 amide bonds. The standard InChI is InChI=1S/C19H23N5O2/c1-23-9-7-21-18(19(23)25)24-8-3-4-16(13-24)22-12-14-5-6-17(26-2)15(10-14)11-20/h5-7,9-10,16,22H,3-4,8,12-13H2,1-2H3/t16-/m1/s1. The summed E-state index contributed by atoms with van der Waals surface area (Å²) in [7, 11) is 3.30. The smallest absolute Gasteiger partial charge is 0.293 e. The minimum absolute atomic E-state index is 0.0676. The second kappa shape index (κ2) is 8.02. The third-order valence-corrected chi connectivity index (χ3v) is 4.70. The summed E-state index contributed by atoms with van der Waals surface area (Å²) < 4.78 is 6.74. The average Bonchev–Trinajstić information content (AvgIpc) is 2.68. The van der Waals surface area contributed by atoms with E-state index >= 15 is 0 Å². The van der Waals surface area contributed by atoms with E-state index < -0.39 is 0 Å². The second-order valence-electron chi connectivity index (χ2n) is 6.48. The van der Waals surface area contributed by atoms with E-state index in [4.69, 9.17) is 4.74 Å². The largest absolute Gasteiger partial charge is 0.495 e. The van der Waals surface area contributed by atoms with Gasteiger partial charge < -0.3 is 19.5 Å². The van der Waals surface area contributed by atoms with Gasteiger partial charge in [0.15, 0.2) is 5.82 Å². The number of ether oxygens (including phenoxy) is 1. The summed E-state index contributed by atoms with van der Waals surface area (Å²) in [6, 6.07) is 8.05. The molecule has 0 aliphatic carbocycles. The topological polar surface area (TPSA) is 83.2 Å². The third-order valence-electron chi connectivity index (χ3n) is 4.70. The lowest BCUT2D eigenvalue weighted by molar-refractivity contribution is 0.411. The zero-order valence-electron chi connectivity index (χ0n) is 15.1. The monoisotopic (exact) mass is 353 g/mol. The number of methoxy groups -OCH3 is 1. The summed E-state index contributed by atoms with van der Waals surface area (Å²) in [5.74, 6) is 1.10. The van der Waals surface area contributed by atoms with Crippen LogP contribution in [0.25, 0.3) is 0 Å². The highest BCUT2D eigenvalue weighted by Gasteiger charge is 2.22. The minimum Gasteiger partial charge on any atom is -0.495 e. The van der Waals surface area contributed by atoms with E-state index in [-0.39, 0.29) is 11.6 Å². The summed E-state index contributed by atoms with van der Waals surface area (Å²) >= 11 is 0. The van der Waals surface area contributed by atoms with E-state index in [9.17, 15) is 10.1 Å². The fourth-order valence-corrected chi connectivity index (χ4v) is 3.25. The number of nitrogens with zero attached hydrogens (tertiary/aromatic N) is 4. The molecule has 0 unspecified atom stereocenters. The number of benzene rings is 1. The number of anilines is 1. The number of aromatic nitrogens is 2. The van der Waals surface area contributed by atoms with Crippen molar-refractivity contribution in [2.75, 3.05) is 25.1 Å². The van der Waals surface area contributed by atoms with Gasteiger partial charge in [0.25, 0.3) is 5.56 Å². The van der Waals surface area contributed by atoms with Crippen LogP contribution in [0.3, 0.4) is 0 Å². The first-order valence-corrected chi connectivity index (χ1v) is 8.69. The van der Waals surface area contributed by atoms with Crippen molar-refractivity contribution in [1.29, 1.82) is 5.26 Å². The van der Waals surface area contributed by atoms with Crippen molar-refractivity contribution in [2.45, 2.75) is 25.4 Å². The Labute approximate surface area is 152 Å². The zero-order chi connectivity index (χ0) is 18.5. The second-order valence-corrected chi connectivity index (χ2v) is 6.48. The maximum atomic E-state index is 12.3. The highest BCUT2D eigenvalue weighted by molar-refractivity contribution is 5.45. The van der Waals surface area contributed by atoms with Gasteiger partial charge in [-0.15, -0.1) is 0 Å². The number of hydrogen-bond donors (Lipinski definition) is 1. The van der Waals surface area contributed by atoms with Crippen LogP contribution >= 0.6 is 0 Å². The lowest BCUT2D eigenvalue weighted by Gasteiger charge is -2.33. The van der Waals surface area contributed by atoms with Crippen molar-refractivity contribution >= 4 is 5.82 Å². The van der Waals surface area contributed by atoms with Gasteiger partial charge in [0.05, 0.1) is 12.7 Å². The predicted molar refractivity (Wildman–Crippen MR) is 99.3 cm³/mol. The Morgan fingerprint density at radius 2 is 2.31 bits per heavy atom. The number of nitrogens with one attached hydrogen (secondary N) is 1. The lowest BCUT2D eigenvalue weighted by Crippen LogP contribution is -2.47. The van der Waals surface area contributed by atoms with Crippen LogP contribution in [0.5, 0.6) is 5.75 Å². The Balaban J connectivity index is 1.65. The molecule has 2 aromatic rings. The summed E-state index contributed by atoms with van der Waals surface area (Å²) in [5.41, 5.74) is 1.50. The summed E-state index contributed by atoms with van der Waals surface area (Å²) in [6.45, 7) is 2.25. The van der Waals surface area contributed by atoms with Gasteiger partial charge in [-0.05, 0) is 30.5 Å². The van der Waals surface area contributed by atoms with Crippen LogP contribution in [0, 0.1) is 11.3 Å². The quantitative estimate of drug-likeness (QED) is 0.875. The van der Waals surface area contributed by atoms with Gasteiger partial charge in [0, 0.05) is 45.1 Å². The van der Waals surface area contributed by atoms with Crippen LogP contribution in [-0.2, 0) is 13.6 Å². The summed E-state index contributed by atoms with van der Waals surface area (Å²) in [4.78, 5) is 18.6. The van der Waals surface area contributed by atoms with Crippen molar-refractivity contribution in [3.05, 3.63) is 52.1 Å². The molecule has 7 nitrogen and oxygen atoms in total. The maximum absolute atomic E-state index is 12.3. The Morgan fingerprint density at radius 3 is 3.08 bits per heavy atom. The molecule has 26 heavy (non-hydrogen) atoms. The molecule has 1 atom stereocenters. The normalized spacial score (nSPS) is 17.0. The Hall–Kier alpha value is -2.85. The van der Waals surface area contributed by atoms with Gasteiger partial charge in [-0.25, -0.2) is 4.98 Å². The van der Waals surface area contributed by atoms with E-state index in [0.29, 0.717) is 23.7 Å². The molecule has 1 aromatic carbocycles. The zero-order valence-corrected chi connectivity index (χ0v) is 15.1. The van der Waals surface area contributed by atoms with Crippen LogP contribution in [0.4, 0.5) is 5.82 Å². The van der Waals surface area contributed by atoms with E-state index in [2.05, 4.69) is 21.3 Å². The molecule has 1 aliphatic heterocycles. The van der Waals surface area contributed by atoms with Gasteiger partial charge in [-0.3, -0.25) is 4.79 Å². The molecule has 0 bridgehead atoms. The summed E-state index contributed by atoms with van der Waals surface area (Å²) in [6.07, 6.45) is 5.38. The highest BCUT2D eigenvalue weighted by Crippen LogP contribution is 2.19. The fourth-order valence-electron chi connectivity index (χ4n) is 3.25. The van der Waals surface area contributed by atoms with Gasteiger partial charge in [0.1, 0.15) is 11.8 Å². The lowest BCUT2D eigenvalue weighted by atomic mass is 10.0. The molecule has 1 saturated heterocycles. The number of piperidine rings is 1. The Kier molecular flexibility index (Phi) is 5.54. The fraction of sp³-hybridized carbons (Fsp3) is 0.421. The molecule has 1 aliphatic rings. The van der Waals surface area contributed by atoms with E-state index in [1.54, 1.807) is 31.1 Å². The van der Waals surface area contributed by atoms with E-state index in [1.165, 1.54) is 0 Å². The van der Waals surface area contributed by atoms with Crippen molar-refractivity contribution in [1.82, 2.24) is 14.9 Å². The first-order valence-electron chi connectivity index (χ1n) is 8.69. The van der Waals surface area contributed by atoms with Crippen LogP contribution in [0.15, 0.2) is 35.4 Å². The number of rotatable bonds is 5. The van der Waals surface area contributed by atoms with Crippen molar-refractivity contribution in [2.24, 2.45) is 7.05 Å². The SMILES string of the molecule is COc1ccc(CN[C@@H]2CCCN(c3nccn(C)c3=O)C2)cc1C#N. The third kappa shape index (κ3) is 3.86. The maximum Gasteiger partial charge on any atom is 0.293 e. The van der Waals surface area contributed by atoms with Gasteiger partial charge in [0.2, 0.25) is 0 Å². The summed E-state index contributed by atoms with van der Waals surface area (Å²) in [5, 5.41) is 12.7. The van der Waals surface area contributed by atoms with Crippen molar-refractivity contribution in [3.8, 4) is 11.8 Å². The first kappa shape index (κ1) is 18.0. The number of hydrogen-bond acceptors (Lipinski definition) is 6. The molecule has 1 fully saturated rings. The average molecular weight is 353 g/mol. The van der Waals surface area contributed by atoms with Crippen molar-refractivity contribution in [3.63, 3.8) is 0 Å². The minimum atomic E-state index is -0.0676. The van der Waals surface area contributed by atoms with E-state index in [1.807, 2.05) is 18.2 Å². The van der Waals surface area contributed by atoms with Crippen LogP contribution < -0.4 is 20.5 Å². The van der Waals surface area contributed by atoms with Gasteiger partial charge in [-0.1, -0.05) is 6.07 Å². The van der Waals surface area contributed by atoms with Gasteiger partial charge in [-0.2, -0.15) is 5.26 Å². The molecule has 0 radical (unpaired) electrons. The molecule has 7 heteroatoms. The molecular formula is C19H23N5O2. The molecule has 2 heterocycles. The van der Waals surface area contributed by atoms with Gasteiger partial charge >= 0.3 is 0 Å². The molecular weight excluding hydrogens is 330 g/mol. The molecule has 1 aromatic heterocycles. The highest BCUT2D eigenvalue weighted by atomic mass is 16.5. The first-order chi connectivity index (χ1) is 12.6. The number of nitriles is 1. The Bertz CT molecular complexity index is 871. The Morgan fingerprint density at radius 1 is 1.46 bits per heavy atom. The van der Waals surface area contributed by atoms with Crippen LogP contribution in [0.2, 0.25) is 0 Å². The molecule has 1 N–H and O–H groups in total. The molecule has 0 spiro atoms. The molecule has 0 saturated carbocycles. The molecule has 3 rings (SSSR count).